The number of aryl methyl sites for hydroxylation is 1. The number of hydrogen-bond acceptors (Lipinski definition) is 4. The van der Waals surface area contributed by atoms with E-state index in [-0.39, 0.29) is 17.9 Å². The number of carbonyl (C=O) groups excluding carboxylic acids is 1. The third kappa shape index (κ3) is 3.37. The number of aliphatic hydroxyl groups excluding tert-OH is 1. The molecule has 3 rings (SSSR count). The molecule has 2 aromatic carbocycles. The minimum atomic E-state index is -0.886. The number of rotatable bonds is 4. The van der Waals surface area contributed by atoms with Crippen molar-refractivity contribution in [3.8, 4) is 5.75 Å². The van der Waals surface area contributed by atoms with Crippen LogP contribution in [0.15, 0.2) is 66.4 Å². The summed E-state index contributed by atoms with van der Waals surface area (Å²) < 4.78 is 5.64. The number of phenols is 1. The smallest absolute Gasteiger partial charge is 0.335 e. The van der Waals surface area contributed by atoms with Crippen LogP contribution in [0.4, 0.5) is 0 Å². The molecule has 0 bridgehead atoms. The van der Waals surface area contributed by atoms with Crippen LogP contribution in [0, 0.1) is 0 Å². The van der Waals surface area contributed by atoms with Crippen molar-refractivity contribution < 1.29 is 19.7 Å². The molecule has 1 atom stereocenters. The quantitative estimate of drug-likeness (QED) is 0.847. The Hall–Kier alpha value is -2.75. The van der Waals surface area contributed by atoms with Crippen molar-refractivity contribution >= 4 is 5.97 Å². The molecule has 0 aliphatic carbocycles. The summed E-state index contributed by atoms with van der Waals surface area (Å²) in [4.78, 5) is 11.8. The van der Waals surface area contributed by atoms with E-state index in [2.05, 4.69) is 0 Å². The van der Waals surface area contributed by atoms with Gasteiger partial charge >= 0.3 is 5.97 Å². The van der Waals surface area contributed by atoms with Crippen LogP contribution in [-0.4, -0.2) is 16.2 Å². The number of hydrogen-bond donors (Lipinski definition) is 2. The second-order valence-electron chi connectivity index (χ2n) is 5.76. The molecule has 0 spiro atoms. The predicted octanol–water partition coefficient (Wildman–Crippen LogP) is 3.61. The van der Waals surface area contributed by atoms with Gasteiger partial charge in [0.05, 0.1) is 6.08 Å². The number of aliphatic hydroxyl groups is 1. The zero-order valence-electron chi connectivity index (χ0n) is 12.6. The van der Waals surface area contributed by atoms with Crippen LogP contribution in [-0.2, 0) is 21.6 Å². The van der Waals surface area contributed by atoms with Gasteiger partial charge in [-0.05, 0) is 36.1 Å². The van der Waals surface area contributed by atoms with Crippen molar-refractivity contribution in [2.45, 2.75) is 24.9 Å². The van der Waals surface area contributed by atoms with Crippen molar-refractivity contribution in [3.63, 3.8) is 0 Å². The molecule has 4 nitrogen and oxygen atoms in total. The standard InChI is InChI=1S/C19H18O4/c20-16-8-4-5-14(11-16)9-10-19(15-6-2-1-3-7-15)13-17(21)12-18(22)23-19/h1-8,11-12,20-21H,9-10,13H2. The SMILES string of the molecule is O=C1C=C(O)CC(CCc2cccc(O)c2)(c2ccccc2)O1. The van der Waals surface area contributed by atoms with Crippen molar-refractivity contribution in [3.05, 3.63) is 77.6 Å². The minimum Gasteiger partial charge on any atom is -0.512 e. The summed E-state index contributed by atoms with van der Waals surface area (Å²) in [7, 11) is 0. The van der Waals surface area contributed by atoms with Crippen LogP contribution in [0.25, 0.3) is 0 Å². The lowest BCUT2D eigenvalue weighted by atomic mass is 9.83. The van der Waals surface area contributed by atoms with Gasteiger partial charge < -0.3 is 14.9 Å². The molecule has 1 unspecified atom stereocenters. The molecule has 1 heterocycles. The van der Waals surface area contributed by atoms with Crippen LogP contribution >= 0.6 is 0 Å². The van der Waals surface area contributed by atoms with Gasteiger partial charge in [0.2, 0.25) is 0 Å². The monoisotopic (exact) mass is 310 g/mol. The Kier molecular flexibility index (Phi) is 4.06. The molecular weight excluding hydrogens is 292 g/mol. The first-order chi connectivity index (χ1) is 11.1. The first kappa shape index (κ1) is 15.2. The van der Waals surface area contributed by atoms with Crippen molar-refractivity contribution in [1.82, 2.24) is 0 Å². The van der Waals surface area contributed by atoms with E-state index in [1.165, 1.54) is 0 Å². The first-order valence-corrected chi connectivity index (χ1v) is 7.53. The number of esters is 1. The van der Waals surface area contributed by atoms with E-state index < -0.39 is 11.6 Å². The summed E-state index contributed by atoms with van der Waals surface area (Å²) in [5.41, 5.74) is 0.918. The zero-order valence-corrected chi connectivity index (χ0v) is 12.6. The van der Waals surface area contributed by atoms with Crippen LogP contribution in [0.1, 0.15) is 24.0 Å². The van der Waals surface area contributed by atoms with E-state index in [1.807, 2.05) is 36.4 Å². The lowest BCUT2D eigenvalue weighted by Crippen LogP contribution is -2.36. The number of benzene rings is 2. The number of ether oxygens (including phenoxy) is 1. The third-order valence-corrected chi connectivity index (χ3v) is 4.08. The van der Waals surface area contributed by atoms with Gasteiger partial charge in [-0.15, -0.1) is 0 Å². The van der Waals surface area contributed by atoms with Crippen molar-refractivity contribution in [1.29, 1.82) is 0 Å². The maximum Gasteiger partial charge on any atom is 0.335 e. The van der Waals surface area contributed by atoms with Gasteiger partial charge in [-0.1, -0.05) is 42.5 Å². The molecule has 4 heteroatoms. The fourth-order valence-electron chi connectivity index (χ4n) is 2.98. The molecule has 2 N–H and O–H groups in total. The number of carbonyl (C=O) groups is 1. The summed E-state index contributed by atoms with van der Waals surface area (Å²) in [6, 6.07) is 16.5. The minimum absolute atomic E-state index is 0.0287. The molecule has 0 aromatic heterocycles. The summed E-state index contributed by atoms with van der Waals surface area (Å²) in [5, 5.41) is 19.5. The van der Waals surface area contributed by atoms with E-state index in [0.717, 1.165) is 17.2 Å². The van der Waals surface area contributed by atoms with E-state index in [1.54, 1.807) is 18.2 Å². The molecule has 1 aliphatic rings. The fraction of sp³-hybridized carbons (Fsp3) is 0.211. The Morgan fingerprint density at radius 2 is 1.83 bits per heavy atom. The average Bonchev–Trinajstić information content (AvgIpc) is 2.53. The van der Waals surface area contributed by atoms with Gasteiger partial charge in [0, 0.05) is 6.42 Å². The van der Waals surface area contributed by atoms with Crippen LogP contribution in [0.2, 0.25) is 0 Å². The molecule has 0 saturated heterocycles. The Balaban J connectivity index is 1.90. The van der Waals surface area contributed by atoms with Gasteiger partial charge in [0.25, 0.3) is 0 Å². The second kappa shape index (κ2) is 6.16. The highest BCUT2D eigenvalue weighted by atomic mass is 16.6. The Morgan fingerprint density at radius 1 is 1.04 bits per heavy atom. The largest absolute Gasteiger partial charge is 0.512 e. The van der Waals surface area contributed by atoms with E-state index in [4.69, 9.17) is 4.74 Å². The molecule has 118 valence electrons. The molecule has 0 fully saturated rings. The summed E-state index contributed by atoms with van der Waals surface area (Å²) in [6.07, 6.45) is 2.51. The molecule has 0 radical (unpaired) electrons. The van der Waals surface area contributed by atoms with Gasteiger partial charge in [0.15, 0.2) is 0 Å². The van der Waals surface area contributed by atoms with Gasteiger partial charge in [0.1, 0.15) is 17.1 Å². The second-order valence-corrected chi connectivity index (χ2v) is 5.76. The maximum absolute atomic E-state index is 11.8. The summed E-state index contributed by atoms with van der Waals surface area (Å²) in [6.45, 7) is 0. The number of phenolic OH excluding ortho intramolecular Hbond substituents is 1. The molecule has 0 amide bonds. The van der Waals surface area contributed by atoms with E-state index >= 15 is 0 Å². The summed E-state index contributed by atoms with van der Waals surface area (Å²) in [5.74, 6) is -0.297. The van der Waals surface area contributed by atoms with Crippen molar-refractivity contribution in [2.75, 3.05) is 0 Å². The van der Waals surface area contributed by atoms with E-state index in [0.29, 0.717) is 12.8 Å². The zero-order chi connectivity index (χ0) is 16.3. The summed E-state index contributed by atoms with van der Waals surface area (Å²) >= 11 is 0. The highest BCUT2D eigenvalue weighted by molar-refractivity contribution is 5.84. The first-order valence-electron chi connectivity index (χ1n) is 7.53. The van der Waals surface area contributed by atoms with Gasteiger partial charge in [-0.3, -0.25) is 0 Å². The fourth-order valence-corrected chi connectivity index (χ4v) is 2.98. The van der Waals surface area contributed by atoms with Gasteiger partial charge in [-0.25, -0.2) is 4.79 Å². The molecule has 23 heavy (non-hydrogen) atoms. The van der Waals surface area contributed by atoms with Crippen molar-refractivity contribution in [2.24, 2.45) is 0 Å². The number of aromatic hydroxyl groups is 1. The Labute approximate surface area is 134 Å². The van der Waals surface area contributed by atoms with Gasteiger partial charge in [-0.2, -0.15) is 0 Å². The topological polar surface area (TPSA) is 66.8 Å². The molecule has 2 aromatic rings. The van der Waals surface area contributed by atoms with Crippen LogP contribution in [0.5, 0.6) is 5.75 Å². The molecule has 1 aliphatic heterocycles. The third-order valence-electron chi connectivity index (χ3n) is 4.08. The number of cyclic esters (lactones) is 1. The lowest BCUT2D eigenvalue weighted by molar-refractivity contribution is -0.159. The highest BCUT2D eigenvalue weighted by Gasteiger charge is 2.39. The Bertz CT molecular complexity index is 736. The van der Waals surface area contributed by atoms with Crippen LogP contribution in [0.3, 0.4) is 0 Å². The maximum atomic E-state index is 11.8. The predicted molar refractivity (Wildman–Crippen MR) is 86.0 cm³/mol. The lowest BCUT2D eigenvalue weighted by Gasteiger charge is -2.36. The highest BCUT2D eigenvalue weighted by Crippen LogP contribution is 2.39. The Morgan fingerprint density at radius 3 is 2.52 bits per heavy atom. The normalized spacial score (nSPS) is 20.7. The average molecular weight is 310 g/mol. The molecular formula is C19H18O4. The van der Waals surface area contributed by atoms with E-state index in [9.17, 15) is 15.0 Å². The molecule has 0 saturated carbocycles. The van der Waals surface area contributed by atoms with Crippen LogP contribution < -0.4 is 0 Å².